The van der Waals surface area contributed by atoms with Gasteiger partial charge in [0.2, 0.25) is 0 Å². The molecule has 19 heavy (non-hydrogen) atoms. The second-order valence-electron chi connectivity index (χ2n) is 4.15. The van der Waals surface area contributed by atoms with Crippen molar-refractivity contribution in [3.63, 3.8) is 0 Å². The van der Waals surface area contributed by atoms with Crippen LogP contribution in [-0.2, 0) is 6.42 Å². The third-order valence-electron chi connectivity index (χ3n) is 2.74. The topological polar surface area (TPSA) is 29.4 Å². The predicted octanol–water partition coefficient (Wildman–Crippen LogP) is 4.59. The molecule has 0 N–H and O–H groups in total. The summed E-state index contributed by atoms with van der Waals surface area (Å²) in [6.45, 7) is 0. The van der Waals surface area contributed by atoms with Gasteiger partial charge in [-0.15, -0.1) is 4.91 Å². The summed E-state index contributed by atoms with van der Waals surface area (Å²) in [5.74, 6) is 0. The van der Waals surface area contributed by atoms with E-state index in [1.807, 2.05) is 72.8 Å². The van der Waals surface area contributed by atoms with Gasteiger partial charge in [0.15, 0.2) is 0 Å². The van der Waals surface area contributed by atoms with E-state index >= 15 is 0 Å². The van der Waals surface area contributed by atoms with E-state index in [2.05, 4.69) is 5.18 Å². The summed E-state index contributed by atoms with van der Waals surface area (Å²) in [6, 6.07) is 19.8. The van der Waals surface area contributed by atoms with Crippen molar-refractivity contribution in [3.05, 3.63) is 94.5 Å². The molecule has 2 rings (SSSR count). The fraction of sp³-hybridized carbons (Fsp3) is 0.0588. The number of nitrogens with zero attached hydrogens (tertiary/aromatic N) is 1. The summed E-state index contributed by atoms with van der Waals surface area (Å²) >= 11 is 0. The van der Waals surface area contributed by atoms with Crippen molar-refractivity contribution in [1.29, 1.82) is 0 Å². The monoisotopic (exact) mass is 249 g/mol. The van der Waals surface area contributed by atoms with Gasteiger partial charge >= 0.3 is 0 Å². The maximum Gasteiger partial charge on any atom is 0.104 e. The van der Waals surface area contributed by atoms with E-state index in [0.717, 1.165) is 11.1 Å². The van der Waals surface area contributed by atoms with E-state index < -0.39 is 0 Å². The third-order valence-corrected chi connectivity index (χ3v) is 2.74. The second-order valence-corrected chi connectivity index (χ2v) is 4.15. The molecule has 0 saturated carbocycles. The van der Waals surface area contributed by atoms with Crippen LogP contribution in [0.15, 0.2) is 83.7 Å². The highest BCUT2D eigenvalue weighted by molar-refractivity contribution is 5.52. The van der Waals surface area contributed by atoms with Crippen LogP contribution >= 0.6 is 0 Å². The Morgan fingerprint density at radius 2 is 1.58 bits per heavy atom. The first-order valence-corrected chi connectivity index (χ1v) is 6.19. The van der Waals surface area contributed by atoms with Gasteiger partial charge in [-0.1, -0.05) is 72.8 Å². The van der Waals surface area contributed by atoms with E-state index in [9.17, 15) is 4.91 Å². The van der Waals surface area contributed by atoms with Gasteiger partial charge in [0.25, 0.3) is 0 Å². The fourth-order valence-electron chi connectivity index (χ4n) is 1.72. The summed E-state index contributed by atoms with van der Waals surface area (Å²) in [5.41, 5.74) is 2.67. The molecule has 0 radical (unpaired) electrons. The first-order valence-electron chi connectivity index (χ1n) is 6.19. The van der Waals surface area contributed by atoms with Crippen molar-refractivity contribution in [2.75, 3.05) is 0 Å². The van der Waals surface area contributed by atoms with Crippen LogP contribution in [0.3, 0.4) is 0 Å². The van der Waals surface area contributed by atoms with Crippen LogP contribution in [0, 0.1) is 4.91 Å². The first-order chi connectivity index (χ1) is 9.38. The number of hydrogen-bond acceptors (Lipinski definition) is 2. The average molecular weight is 249 g/mol. The van der Waals surface area contributed by atoms with E-state index in [0.29, 0.717) is 12.1 Å². The second kappa shape index (κ2) is 7.07. The molecule has 0 aliphatic carbocycles. The van der Waals surface area contributed by atoms with Crippen LogP contribution in [0.5, 0.6) is 0 Å². The Balaban J connectivity index is 2.04. The number of rotatable bonds is 5. The zero-order valence-electron chi connectivity index (χ0n) is 10.6. The summed E-state index contributed by atoms with van der Waals surface area (Å²) in [6.07, 6.45) is 6.17. The highest BCUT2D eigenvalue weighted by Crippen LogP contribution is 2.08. The SMILES string of the molecule is O=NC(/C=C/c1ccccc1)=C/Cc1ccccc1. The Morgan fingerprint density at radius 3 is 2.21 bits per heavy atom. The largest absolute Gasteiger partial charge is 0.145 e. The minimum atomic E-state index is 0.452. The molecule has 0 unspecified atom stereocenters. The molecular weight excluding hydrogens is 234 g/mol. The van der Waals surface area contributed by atoms with Gasteiger partial charge in [-0.25, -0.2) is 0 Å². The zero-order chi connectivity index (χ0) is 13.3. The molecule has 2 aromatic carbocycles. The molecular formula is C17H15NO. The molecule has 0 bridgehead atoms. The Kier molecular flexibility index (Phi) is 4.82. The number of allylic oxidation sites excluding steroid dienone is 2. The van der Waals surface area contributed by atoms with Gasteiger partial charge in [-0.05, 0) is 28.8 Å². The van der Waals surface area contributed by atoms with Crippen molar-refractivity contribution in [2.45, 2.75) is 6.42 Å². The van der Waals surface area contributed by atoms with E-state index in [4.69, 9.17) is 0 Å². The normalized spacial score (nSPS) is 11.7. The van der Waals surface area contributed by atoms with Crippen molar-refractivity contribution >= 4 is 6.08 Å². The quantitative estimate of drug-likeness (QED) is 0.562. The highest BCUT2D eigenvalue weighted by Gasteiger charge is 1.93. The molecule has 0 spiro atoms. The van der Waals surface area contributed by atoms with Crippen molar-refractivity contribution in [3.8, 4) is 0 Å². The van der Waals surface area contributed by atoms with E-state index in [1.165, 1.54) is 0 Å². The Morgan fingerprint density at radius 1 is 0.947 bits per heavy atom. The van der Waals surface area contributed by atoms with E-state index in [-0.39, 0.29) is 0 Å². The van der Waals surface area contributed by atoms with Gasteiger partial charge in [-0.3, -0.25) is 0 Å². The fourth-order valence-corrected chi connectivity index (χ4v) is 1.72. The van der Waals surface area contributed by atoms with Crippen LogP contribution in [0.1, 0.15) is 11.1 Å². The molecule has 2 heteroatoms. The van der Waals surface area contributed by atoms with Crippen molar-refractivity contribution in [2.24, 2.45) is 5.18 Å². The summed E-state index contributed by atoms with van der Waals surface area (Å²) in [7, 11) is 0. The van der Waals surface area contributed by atoms with Crippen molar-refractivity contribution in [1.82, 2.24) is 0 Å². The Hall–Kier alpha value is -2.48. The average Bonchev–Trinajstić information content (AvgIpc) is 2.49. The Bertz CT molecular complexity index is 571. The van der Waals surface area contributed by atoms with Gasteiger partial charge in [0.1, 0.15) is 5.70 Å². The molecule has 0 heterocycles. The number of nitroso groups, excluding NO2 is 1. The van der Waals surface area contributed by atoms with Crippen LogP contribution in [0.2, 0.25) is 0 Å². The summed E-state index contributed by atoms with van der Waals surface area (Å²) < 4.78 is 0. The molecule has 0 aliphatic rings. The van der Waals surface area contributed by atoms with Crippen LogP contribution in [0.25, 0.3) is 6.08 Å². The summed E-state index contributed by atoms with van der Waals surface area (Å²) in [4.78, 5) is 10.8. The van der Waals surface area contributed by atoms with Crippen LogP contribution in [0.4, 0.5) is 0 Å². The molecule has 2 aromatic rings. The molecule has 0 aliphatic heterocycles. The molecule has 94 valence electrons. The molecule has 0 atom stereocenters. The standard InChI is InChI=1S/C17H15NO/c19-18-17(13-11-15-7-3-1-4-8-15)14-12-16-9-5-2-6-10-16/h1-11,13-14H,12H2/b13-11+,17-14+. The van der Waals surface area contributed by atoms with Crippen LogP contribution < -0.4 is 0 Å². The smallest absolute Gasteiger partial charge is 0.104 e. The van der Waals surface area contributed by atoms with Crippen molar-refractivity contribution < 1.29 is 0 Å². The predicted molar refractivity (Wildman–Crippen MR) is 79.5 cm³/mol. The maximum atomic E-state index is 10.8. The molecule has 0 amide bonds. The lowest BCUT2D eigenvalue weighted by Crippen LogP contribution is -1.81. The van der Waals surface area contributed by atoms with Gasteiger partial charge in [-0.2, -0.15) is 0 Å². The number of hydrogen-bond donors (Lipinski definition) is 0. The Labute approximate surface area is 113 Å². The minimum absolute atomic E-state index is 0.452. The lowest BCUT2D eigenvalue weighted by Gasteiger charge is -1.95. The highest BCUT2D eigenvalue weighted by atomic mass is 16.3. The van der Waals surface area contributed by atoms with E-state index in [1.54, 1.807) is 6.08 Å². The molecule has 2 nitrogen and oxygen atoms in total. The van der Waals surface area contributed by atoms with Gasteiger partial charge in [0, 0.05) is 0 Å². The zero-order valence-corrected chi connectivity index (χ0v) is 10.6. The molecule has 0 saturated heterocycles. The van der Waals surface area contributed by atoms with Gasteiger partial charge < -0.3 is 0 Å². The van der Waals surface area contributed by atoms with Gasteiger partial charge in [0.05, 0.1) is 0 Å². The maximum absolute atomic E-state index is 10.8. The lowest BCUT2D eigenvalue weighted by atomic mass is 10.1. The lowest BCUT2D eigenvalue weighted by molar-refractivity contribution is 1.22. The number of benzene rings is 2. The molecule has 0 aromatic heterocycles. The third kappa shape index (κ3) is 4.36. The summed E-state index contributed by atoms with van der Waals surface area (Å²) in [5, 5.41) is 3.04. The molecule has 0 fully saturated rings. The minimum Gasteiger partial charge on any atom is -0.145 e. The first kappa shape index (κ1) is 13.0. The van der Waals surface area contributed by atoms with Crippen LogP contribution in [-0.4, -0.2) is 0 Å².